The van der Waals surface area contributed by atoms with Gasteiger partial charge in [0.1, 0.15) is 5.15 Å². The van der Waals surface area contributed by atoms with Gasteiger partial charge >= 0.3 is 0 Å². The molecule has 0 aliphatic heterocycles. The third-order valence-corrected chi connectivity index (χ3v) is 3.41. The highest BCUT2D eigenvalue weighted by atomic mass is 35.5. The first-order valence-electron chi connectivity index (χ1n) is 6.64. The van der Waals surface area contributed by atoms with Gasteiger partial charge in [0, 0.05) is 42.8 Å². The van der Waals surface area contributed by atoms with Crippen molar-refractivity contribution in [3.05, 3.63) is 47.6 Å². The van der Waals surface area contributed by atoms with Crippen LogP contribution in [0.2, 0.25) is 5.15 Å². The summed E-state index contributed by atoms with van der Waals surface area (Å²) in [6, 6.07) is 3.66. The molecular formula is C15H14ClN5. The van der Waals surface area contributed by atoms with Crippen LogP contribution >= 0.6 is 11.6 Å². The molecule has 0 radical (unpaired) electrons. The van der Waals surface area contributed by atoms with E-state index >= 15 is 0 Å². The molecule has 3 aromatic heterocycles. The number of rotatable bonds is 3. The Morgan fingerprint density at radius 1 is 1.24 bits per heavy atom. The quantitative estimate of drug-likeness (QED) is 0.697. The molecule has 0 spiro atoms. The summed E-state index contributed by atoms with van der Waals surface area (Å²) in [6.45, 7) is 2.08. The molecule has 106 valence electrons. The smallest absolute Gasteiger partial charge is 0.161 e. The van der Waals surface area contributed by atoms with E-state index in [0.29, 0.717) is 11.0 Å². The zero-order valence-corrected chi connectivity index (χ0v) is 12.5. The van der Waals surface area contributed by atoms with Gasteiger partial charge in [-0.3, -0.25) is 9.67 Å². The van der Waals surface area contributed by atoms with Crippen molar-refractivity contribution in [1.29, 1.82) is 0 Å². The number of hydrogen-bond donors (Lipinski definition) is 0. The Balaban J connectivity index is 2.14. The summed E-state index contributed by atoms with van der Waals surface area (Å²) < 4.78 is 1.73. The molecule has 0 bridgehead atoms. The zero-order chi connectivity index (χ0) is 14.8. The molecule has 3 rings (SSSR count). The maximum atomic E-state index is 6.16. The summed E-state index contributed by atoms with van der Waals surface area (Å²) in [6.07, 6.45) is 8.10. The molecule has 3 heterocycles. The fraction of sp³-hybridized carbons (Fsp3) is 0.200. The molecule has 0 aromatic carbocycles. The van der Waals surface area contributed by atoms with Gasteiger partial charge in [-0.1, -0.05) is 18.5 Å². The van der Waals surface area contributed by atoms with E-state index in [2.05, 4.69) is 27.0 Å². The van der Waals surface area contributed by atoms with E-state index in [-0.39, 0.29) is 0 Å². The number of nitrogens with zero attached hydrogens (tertiary/aromatic N) is 5. The van der Waals surface area contributed by atoms with Gasteiger partial charge in [0.15, 0.2) is 5.82 Å². The van der Waals surface area contributed by atoms with Crippen molar-refractivity contribution < 1.29 is 0 Å². The Bertz CT molecular complexity index is 781. The third kappa shape index (κ3) is 2.78. The minimum atomic E-state index is 0.415. The average molecular weight is 300 g/mol. The molecule has 0 atom stereocenters. The molecule has 0 saturated carbocycles. The highest BCUT2D eigenvalue weighted by Crippen LogP contribution is 2.25. The predicted octanol–water partition coefficient (Wildman–Crippen LogP) is 3.15. The van der Waals surface area contributed by atoms with Gasteiger partial charge in [-0.05, 0) is 18.1 Å². The summed E-state index contributed by atoms with van der Waals surface area (Å²) in [5.41, 5.74) is 3.73. The van der Waals surface area contributed by atoms with Crippen LogP contribution in [0.4, 0.5) is 0 Å². The highest BCUT2D eigenvalue weighted by molar-refractivity contribution is 6.29. The molecule has 6 heteroatoms. The first-order chi connectivity index (χ1) is 10.2. The lowest BCUT2D eigenvalue weighted by Crippen LogP contribution is -1.96. The number of halogens is 1. The number of pyridine rings is 1. The topological polar surface area (TPSA) is 56.5 Å². The molecule has 5 nitrogen and oxygen atoms in total. The maximum absolute atomic E-state index is 6.16. The van der Waals surface area contributed by atoms with E-state index < -0.39 is 0 Å². The molecule has 0 aliphatic rings. The molecule has 0 aliphatic carbocycles. The summed E-state index contributed by atoms with van der Waals surface area (Å²) >= 11 is 6.16. The van der Waals surface area contributed by atoms with Crippen molar-refractivity contribution >= 4 is 11.6 Å². The maximum Gasteiger partial charge on any atom is 0.161 e. The van der Waals surface area contributed by atoms with Crippen LogP contribution in [-0.2, 0) is 13.5 Å². The van der Waals surface area contributed by atoms with Crippen LogP contribution in [0.3, 0.4) is 0 Å². The summed E-state index contributed by atoms with van der Waals surface area (Å²) in [7, 11) is 1.87. The first-order valence-corrected chi connectivity index (χ1v) is 7.02. The second-order valence-electron chi connectivity index (χ2n) is 4.69. The standard InChI is InChI=1S/C15H14ClN5/c1-3-10-7-17-5-4-12(10)15-19-13(6-14(16)20-15)11-8-18-21(2)9-11/h4-9H,3H2,1-2H3. The summed E-state index contributed by atoms with van der Waals surface area (Å²) in [4.78, 5) is 13.1. The number of aryl methyl sites for hydroxylation is 2. The molecule has 21 heavy (non-hydrogen) atoms. The molecular weight excluding hydrogens is 286 g/mol. The highest BCUT2D eigenvalue weighted by Gasteiger charge is 2.11. The van der Waals surface area contributed by atoms with Crippen molar-refractivity contribution in [2.24, 2.45) is 7.05 Å². The minimum Gasteiger partial charge on any atom is -0.275 e. The van der Waals surface area contributed by atoms with Crippen LogP contribution in [0.25, 0.3) is 22.6 Å². The van der Waals surface area contributed by atoms with Crippen molar-refractivity contribution in [2.45, 2.75) is 13.3 Å². The van der Waals surface area contributed by atoms with Gasteiger partial charge in [-0.15, -0.1) is 0 Å². The minimum absolute atomic E-state index is 0.415. The lowest BCUT2D eigenvalue weighted by molar-refractivity contribution is 0.768. The molecule has 0 saturated heterocycles. The molecule has 0 fully saturated rings. The zero-order valence-electron chi connectivity index (χ0n) is 11.8. The van der Waals surface area contributed by atoms with Crippen molar-refractivity contribution in [3.63, 3.8) is 0 Å². The normalized spacial score (nSPS) is 10.8. The SMILES string of the molecule is CCc1cnccc1-c1nc(Cl)cc(-c2cnn(C)c2)n1. The monoisotopic (exact) mass is 299 g/mol. The largest absolute Gasteiger partial charge is 0.275 e. The van der Waals surface area contributed by atoms with Gasteiger partial charge in [0.25, 0.3) is 0 Å². The van der Waals surface area contributed by atoms with Gasteiger partial charge in [-0.25, -0.2) is 9.97 Å². The Labute approximate surface area is 127 Å². The number of hydrogen-bond acceptors (Lipinski definition) is 4. The molecule has 3 aromatic rings. The average Bonchev–Trinajstić information content (AvgIpc) is 2.93. The van der Waals surface area contributed by atoms with Crippen molar-refractivity contribution in [2.75, 3.05) is 0 Å². The second kappa shape index (κ2) is 5.61. The van der Waals surface area contributed by atoms with Crippen LogP contribution in [-0.4, -0.2) is 24.7 Å². The first kappa shape index (κ1) is 13.7. The molecule has 0 N–H and O–H groups in total. The van der Waals surface area contributed by atoms with Gasteiger partial charge in [0.2, 0.25) is 0 Å². The van der Waals surface area contributed by atoms with Gasteiger partial charge in [-0.2, -0.15) is 5.10 Å². The van der Waals surface area contributed by atoms with E-state index in [1.165, 1.54) is 0 Å². The van der Waals surface area contributed by atoms with Gasteiger partial charge in [0.05, 0.1) is 11.9 Å². The van der Waals surface area contributed by atoms with Crippen LogP contribution in [0, 0.1) is 0 Å². The van der Waals surface area contributed by atoms with E-state index in [1.807, 2.05) is 25.5 Å². The lowest BCUT2D eigenvalue weighted by atomic mass is 10.1. The van der Waals surface area contributed by atoms with E-state index in [0.717, 1.165) is 28.8 Å². The summed E-state index contributed by atoms with van der Waals surface area (Å²) in [5.74, 6) is 0.612. The van der Waals surface area contributed by atoms with Crippen molar-refractivity contribution in [3.8, 4) is 22.6 Å². The Kier molecular flexibility index (Phi) is 3.66. The van der Waals surface area contributed by atoms with Crippen molar-refractivity contribution in [1.82, 2.24) is 24.7 Å². The predicted molar refractivity (Wildman–Crippen MR) is 81.9 cm³/mol. The fourth-order valence-corrected chi connectivity index (χ4v) is 2.35. The van der Waals surface area contributed by atoms with Crippen LogP contribution in [0.15, 0.2) is 36.9 Å². The van der Waals surface area contributed by atoms with E-state index in [4.69, 9.17) is 11.6 Å². The van der Waals surface area contributed by atoms with E-state index in [9.17, 15) is 0 Å². The lowest BCUT2D eigenvalue weighted by Gasteiger charge is -2.07. The van der Waals surface area contributed by atoms with Crippen LogP contribution < -0.4 is 0 Å². The molecule has 0 amide bonds. The Morgan fingerprint density at radius 2 is 2.10 bits per heavy atom. The molecule has 0 unspecified atom stereocenters. The number of aromatic nitrogens is 5. The second-order valence-corrected chi connectivity index (χ2v) is 5.08. The fourth-order valence-electron chi connectivity index (χ4n) is 2.17. The Hall–Kier alpha value is -2.27. The van der Waals surface area contributed by atoms with Gasteiger partial charge < -0.3 is 0 Å². The van der Waals surface area contributed by atoms with Crippen LogP contribution in [0.1, 0.15) is 12.5 Å². The Morgan fingerprint density at radius 3 is 2.81 bits per heavy atom. The van der Waals surface area contributed by atoms with E-state index in [1.54, 1.807) is 23.1 Å². The third-order valence-electron chi connectivity index (χ3n) is 3.22. The summed E-state index contributed by atoms with van der Waals surface area (Å²) in [5, 5.41) is 4.58. The van der Waals surface area contributed by atoms with Crippen LogP contribution in [0.5, 0.6) is 0 Å².